The van der Waals surface area contributed by atoms with Crippen LogP contribution in [0.5, 0.6) is 0 Å². The summed E-state index contributed by atoms with van der Waals surface area (Å²) in [5.41, 5.74) is 3.77. The highest BCUT2D eigenvalue weighted by atomic mass is 32.2. The van der Waals surface area contributed by atoms with Gasteiger partial charge in [-0.15, -0.1) is 0 Å². The number of benzene rings is 1. The van der Waals surface area contributed by atoms with E-state index in [1.807, 2.05) is 26.0 Å². The number of aromatic nitrogens is 1. The Bertz CT molecular complexity index is 729. The van der Waals surface area contributed by atoms with Gasteiger partial charge in [0, 0.05) is 6.20 Å². The van der Waals surface area contributed by atoms with E-state index < -0.39 is 10.0 Å². The highest BCUT2D eigenvalue weighted by Crippen LogP contribution is 2.27. The van der Waals surface area contributed by atoms with E-state index in [-0.39, 0.29) is 16.6 Å². The van der Waals surface area contributed by atoms with Crippen LogP contribution in [0.2, 0.25) is 0 Å². The first kappa shape index (κ1) is 15.3. The predicted octanol–water partition coefficient (Wildman–Crippen LogP) is 2.29. The maximum absolute atomic E-state index is 12.5. The molecule has 7 heteroatoms. The topological polar surface area (TPSA) is 97.1 Å². The van der Waals surface area contributed by atoms with E-state index in [0.29, 0.717) is 5.69 Å². The molecule has 0 fully saturated rings. The summed E-state index contributed by atoms with van der Waals surface area (Å²) in [6, 6.07) is 10.3. The third kappa shape index (κ3) is 3.32. The minimum Gasteiger partial charge on any atom is -0.307 e. The summed E-state index contributed by atoms with van der Waals surface area (Å²) in [5.74, 6) is 5.62. The van der Waals surface area contributed by atoms with Gasteiger partial charge in [0.25, 0.3) is 10.0 Å². The van der Waals surface area contributed by atoms with E-state index in [9.17, 15) is 8.42 Å². The van der Waals surface area contributed by atoms with Gasteiger partial charge >= 0.3 is 0 Å². The van der Waals surface area contributed by atoms with Crippen LogP contribution in [-0.2, 0) is 10.0 Å². The molecule has 112 valence electrons. The lowest BCUT2D eigenvalue weighted by atomic mass is 10.0. The second-order valence-corrected chi connectivity index (χ2v) is 6.49. The Morgan fingerprint density at radius 1 is 1.14 bits per heavy atom. The molecule has 0 spiro atoms. The minimum atomic E-state index is -3.77. The van der Waals surface area contributed by atoms with Gasteiger partial charge in [-0.05, 0) is 29.7 Å². The zero-order chi connectivity index (χ0) is 15.5. The van der Waals surface area contributed by atoms with Crippen molar-refractivity contribution in [2.75, 3.05) is 10.1 Å². The number of nitrogen functional groups attached to an aromatic ring is 1. The van der Waals surface area contributed by atoms with Crippen LogP contribution in [0.4, 0.5) is 11.5 Å². The molecule has 4 N–H and O–H groups in total. The smallest absolute Gasteiger partial charge is 0.265 e. The van der Waals surface area contributed by atoms with Crippen molar-refractivity contribution in [3.63, 3.8) is 0 Å². The summed E-state index contributed by atoms with van der Waals surface area (Å²) in [6.07, 6.45) is 1.47. The predicted molar refractivity (Wildman–Crippen MR) is 83.4 cm³/mol. The molecule has 21 heavy (non-hydrogen) atoms. The molecule has 0 unspecified atom stereocenters. The van der Waals surface area contributed by atoms with Gasteiger partial charge in [0.2, 0.25) is 0 Å². The van der Waals surface area contributed by atoms with Crippen molar-refractivity contribution < 1.29 is 8.42 Å². The van der Waals surface area contributed by atoms with E-state index >= 15 is 0 Å². The van der Waals surface area contributed by atoms with Crippen LogP contribution in [0.15, 0.2) is 47.5 Å². The van der Waals surface area contributed by atoms with E-state index in [1.165, 1.54) is 12.3 Å². The van der Waals surface area contributed by atoms with Gasteiger partial charge in [-0.3, -0.25) is 4.72 Å². The average Bonchev–Trinajstić information content (AvgIpc) is 2.47. The van der Waals surface area contributed by atoms with Crippen molar-refractivity contribution in [3.05, 3.63) is 48.2 Å². The Morgan fingerprint density at radius 3 is 2.52 bits per heavy atom. The first-order chi connectivity index (χ1) is 9.95. The van der Waals surface area contributed by atoms with Crippen molar-refractivity contribution in [1.82, 2.24) is 4.98 Å². The summed E-state index contributed by atoms with van der Waals surface area (Å²) >= 11 is 0. The lowest BCUT2D eigenvalue weighted by Crippen LogP contribution is -2.19. The zero-order valence-corrected chi connectivity index (χ0v) is 12.7. The Kier molecular flexibility index (Phi) is 4.44. The normalized spacial score (nSPS) is 11.4. The van der Waals surface area contributed by atoms with Gasteiger partial charge in [0.05, 0.1) is 5.69 Å². The van der Waals surface area contributed by atoms with Crippen molar-refractivity contribution in [2.45, 2.75) is 24.7 Å². The van der Waals surface area contributed by atoms with E-state index in [2.05, 4.69) is 15.1 Å². The van der Waals surface area contributed by atoms with Gasteiger partial charge in [0.1, 0.15) is 4.90 Å². The van der Waals surface area contributed by atoms with Gasteiger partial charge < -0.3 is 5.43 Å². The Balaban J connectivity index is 2.43. The average molecular weight is 306 g/mol. The van der Waals surface area contributed by atoms with Crippen LogP contribution in [0.3, 0.4) is 0 Å². The molecule has 0 aliphatic rings. The van der Waals surface area contributed by atoms with Gasteiger partial charge in [0.15, 0.2) is 5.82 Å². The number of sulfonamides is 1. The summed E-state index contributed by atoms with van der Waals surface area (Å²) in [4.78, 5) is 3.91. The lowest BCUT2D eigenvalue weighted by Gasteiger charge is -2.15. The number of hydrogen-bond acceptors (Lipinski definition) is 5. The van der Waals surface area contributed by atoms with Gasteiger partial charge in [-0.2, -0.15) is 0 Å². The number of hydrogen-bond donors (Lipinski definition) is 3. The fraction of sp³-hybridized carbons (Fsp3) is 0.214. The summed E-state index contributed by atoms with van der Waals surface area (Å²) in [5, 5.41) is 0. The third-order valence-electron chi connectivity index (χ3n) is 3.02. The molecule has 1 aromatic carbocycles. The standard InChI is InChI=1S/C14H18N4O2S/c1-10(2)11-6-3-4-7-12(11)18-21(19,20)13-8-5-9-16-14(13)17-15/h3-10,18H,15H2,1-2H3,(H,16,17). The van der Waals surface area contributed by atoms with E-state index in [4.69, 9.17) is 5.84 Å². The van der Waals surface area contributed by atoms with Crippen molar-refractivity contribution >= 4 is 21.5 Å². The number of anilines is 2. The number of rotatable bonds is 5. The van der Waals surface area contributed by atoms with Crippen molar-refractivity contribution in [2.24, 2.45) is 5.84 Å². The monoisotopic (exact) mass is 306 g/mol. The fourth-order valence-corrected chi connectivity index (χ4v) is 3.22. The molecule has 0 aliphatic carbocycles. The summed E-state index contributed by atoms with van der Waals surface area (Å²) in [6.45, 7) is 4.01. The van der Waals surface area contributed by atoms with Crippen LogP contribution < -0.4 is 16.0 Å². The molecular formula is C14H18N4O2S. The molecule has 6 nitrogen and oxygen atoms in total. The van der Waals surface area contributed by atoms with Crippen LogP contribution >= 0.6 is 0 Å². The molecule has 2 aromatic rings. The van der Waals surface area contributed by atoms with Crippen LogP contribution in [0.1, 0.15) is 25.3 Å². The molecule has 0 bridgehead atoms. The Hall–Kier alpha value is -2.12. The fourth-order valence-electron chi connectivity index (χ4n) is 2.01. The number of hydrazine groups is 1. The SMILES string of the molecule is CC(C)c1ccccc1NS(=O)(=O)c1cccnc1NN. The molecule has 1 heterocycles. The first-order valence-corrected chi connectivity index (χ1v) is 7.97. The molecule has 0 radical (unpaired) electrons. The summed E-state index contributed by atoms with van der Waals surface area (Å²) < 4.78 is 27.6. The quantitative estimate of drug-likeness (QED) is 0.581. The van der Waals surface area contributed by atoms with E-state index in [0.717, 1.165) is 5.56 Å². The van der Waals surface area contributed by atoms with Gasteiger partial charge in [-0.25, -0.2) is 19.2 Å². The van der Waals surface area contributed by atoms with Crippen LogP contribution in [0.25, 0.3) is 0 Å². The largest absolute Gasteiger partial charge is 0.307 e. The summed E-state index contributed by atoms with van der Waals surface area (Å²) in [7, 11) is -3.77. The zero-order valence-electron chi connectivity index (χ0n) is 11.9. The minimum absolute atomic E-state index is 0.00561. The Labute approximate surface area is 124 Å². The molecule has 0 amide bonds. The molecule has 0 atom stereocenters. The van der Waals surface area contributed by atoms with Crippen LogP contribution in [0, 0.1) is 0 Å². The van der Waals surface area contributed by atoms with Crippen LogP contribution in [-0.4, -0.2) is 13.4 Å². The lowest BCUT2D eigenvalue weighted by molar-refractivity contribution is 0.601. The maximum atomic E-state index is 12.5. The second kappa shape index (κ2) is 6.11. The molecule has 0 saturated heterocycles. The number of nitrogens with two attached hydrogens (primary N) is 1. The highest BCUT2D eigenvalue weighted by molar-refractivity contribution is 7.92. The molecule has 2 rings (SSSR count). The Morgan fingerprint density at radius 2 is 1.86 bits per heavy atom. The molecule has 1 aromatic heterocycles. The van der Waals surface area contributed by atoms with Crippen molar-refractivity contribution in [3.8, 4) is 0 Å². The number of nitrogens with zero attached hydrogens (tertiary/aromatic N) is 1. The molecule has 0 aliphatic heterocycles. The number of nitrogens with one attached hydrogen (secondary N) is 2. The maximum Gasteiger partial charge on any atom is 0.265 e. The second-order valence-electron chi connectivity index (χ2n) is 4.84. The first-order valence-electron chi connectivity index (χ1n) is 6.49. The van der Waals surface area contributed by atoms with Gasteiger partial charge in [-0.1, -0.05) is 32.0 Å². The molecular weight excluding hydrogens is 288 g/mol. The van der Waals surface area contributed by atoms with E-state index in [1.54, 1.807) is 18.2 Å². The molecule has 0 saturated carbocycles. The number of para-hydroxylation sites is 1. The van der Waals surface area contributed by atoms with Crippen molar-refractivity contribution in [1.29, 1.82) is 0 Å². The third-order valence-corrected chi connectivity index (χ3v) is 4.42. The number of pyridine rings is 1. The highest BCUT2D eigenvalue weighted by Gasteiger charge is 2.20.